The van der Waals surface area contributed by atoms with E-state index in [0.29, 0.717) is 0 Å². The van der Waals surface area contributed by atoms with E-state index in [1.54, 1.807) is 7.11 Å². The second-order valence-corrected chi connectivity index (χ2v) is 4.70. The lowest BCUT2D eigenvalue weighted by Crippen LogP contribution is -2.60. The zero-order chi connectivity index (χ0) is 11.3. The van der Waals surface area contributed by atoms with Gasteiger partial charge in [0.15, 0.2) is 0 Å². The number of rotatable bonds is 5. The van der Waals surface area contributed by atoms with Gasteiger partial charge in [-0.15, -0.1) is 0 Å². The molecule has 0 aromatic heterocycles. The van der Waals surface area contributed by atoms with E-state index in [1.165, 1.54) is 19.4 Å². The number of nitrogens with two attached hydrogens (primary N) is 1. The summed E-state index contributed by atoms with van der Waals surface area (Å²) in [6.07, 6.45) is 2.44. The van der Waals surface area contributed by atoms with Crippen LogP contribution >= 0.6 is 0 Å². The average Bonchev–Trinajstić information content (AvgIpc) is 2.26. The summed E-state index contributed by atoms with van der Waals surface area (Å²) in [5, 5.41) is 0. The van der Waals surface area contributed by atoms with Crippen LogP contribution in [0.25, 0.3) is 0 Å². The van der Waals surface area contributed by atoms with Crippen molar-refractivity contribution in [1.29, 1.82) is 0 Å². The molecule has 0 aromatic rings. The molecule has 0 bridgehead atoms. The van der Waals surface area contributed by atoms with Crippen LogP contribution in [0.5, 0.6) is 0 Å². The van der Waals surface area contributed by atoms with Gasteiger partial charge in [0.25, 0.3) is 0 Å². The Hall–Kier alpha value is -0.160. The van der Waals surface area contributed by atoms with Crippen molar-refractivity contribution in [3.63, 3.8) is 0 Å². The SMILES string of the molecule is COCCN1CCCC(CN)(N(C)C)C1. The summed E-state index contributed by atoms with van der Waals surface area (Å²) in [4.78, 5) is 4.74. The maximum Gasteiger partial charge on any atom is 0.0589 e. The van der Waals surface area contributed by atoms with E-state index in [0.717, 1.165) is 26.2 Å². The first-order chi connectivity index (χ1) is 7.14. The van der Waals surface area contributed by atoms with E-state index < -0.39 is 0 Å². The van der Waals surface area contributed by atoms with E-state index >= 15 is 0 Å². The minimum atomic E-state index is 0.173. The smallest absolute Gasteiger partial charge is 0.0589 e. The van der Waals surface area contributed by atoms with Crippen LogP contribution in [0, 0.1) is 0 Å². The van der Waals surface area contributed by atoms with E-state index in [9.17, 15) is 0 Å². The molecule has 90 valence electrons. The zero-order valence-electron chi connectivity index (χ0n) is 10.3. The first-order valence-corrected chi connectivity index (χ1v) is 5.73. The Morgan fingerprint density at radius 3 is 2.73 bits per heavy atom. The minimum Gasteiger partial charge on any atom is -0.383 e. The van der Waals surface area contributed by atoms with Crippen molar-refractivity contribution >= 4 is 0 Å². The lowest BCUT2D eigenvalue weighted by molar-refractivity contribution is 0.0371. The van der Waals surface area contributed by atoms with Gasteiger partial charge in [-0.1, -0.05) is 0 Å². The molecule has 1 unspecified atom stereocenters. The third kappa shape index (κ3) is 3.14. The number of likely N-dealkylation sites (N-methyl/N-ethyl adjacent to an activating group) is 1. The van der Waals surface area contributed by atoms with Crippen molar-refractivity contribution < 1.29 is 4.74 Å². The van der Waals surface area contributed by atoms with Crippen molar-refractivity contribution in [1.82, 2.24) is 9.80 Å². The Morgan fingerprint density at radius 1 is 1.47 bits per heavy atom. The largest absolute Gasteiger partial charge is 0.383 e. The van der Waals surface area contributed by atoms with Crippen LogP contribution in [-0.2, 0) is 4.74 Å². The van der Waals surface area contributed by atoms with E-state index in [-0.39, 0.29) is 5.54 Å². The standard InChI is InChI=1S/C11H25N3O/c1-13(2)11(9-12)5-4-6-14(10-11)7-8-15-3/h4-10,12H2,1-3H3. The fourth-order valence-corrected chi connectivity index (χ4v) is 2.33. The highest BCUT2D eigenvalue weighted by atomic mass is 16.5. The van der Waals surface area contributed by atoms with Gasteiger partial charge in [-0.3, -0.25) is 4.90 Å². The monoisotopic (exact) mass is 215 g/mol. The second-order valence-electron chi connectivity index (χ2n) is 4.70. The minimum absolute atomic E-state index is 0.173. The summed E-state index contributed by atoms with van der Waals surface area (Å²) in [5.41, 5.74) is 6.10. The average molecular weight is 215 g/mol. The molecule has 4 heteroatoms. The molecular formula is C11H25N3O. The topological polar surface area (TPSA) is 41.7 Å². The zero-order valence-corrected chi connectivity index (χ0v) is 10.3. The number of methoxy groups -OCH3 is 1. The molecule has 0 saturated carbocycles. The van der Waals surface area contributed by atoms with Crippen molar-refractivity contribution in [2.75, 3.05) is 54.0 Å². The lowest BCUT2D eigenvalue weighted by atomic mass is 9.88. The molecule has 1 saturated heterocycles. The molecule has 1 aliphatic heterocycles. The van der Waals surface area contributed by atoms with Gasteiger partial charge < -0.3 is 15.4 Å². The third-order valence-electron chi connectivity index (χ3n) is 3.57. The Balaban J connectivity index is 2.52. The summed E-state index contributed by atoms with van der Waals surface area (Å²) in [7, 11) is 6.02. The van der Waals surface area contributed by atoms with Crippen LogP contribution in [0.2, 0.25) is 0 Å². The van der Waals surface area contributed by atoms with Gasteiger partial charge in [0.05, 0.1) is 6.61 Å². The quantitative estimate of drug-likeness (QED) is 0.700. The summed E-state index contributed by atoms with van der Waals surface area (Å²) < 4.78 is 5.12. The van der Waals surface area contributed by atoms with Gasteiger partial charge in [0.2, 0.25) is 0 Å². The summed E-state index contributed by atoms with van der Waals surface area (Å²) >= 11 is 0. The molecule has 0 amide bonds. The fraction of sp³-hybridized carbons (Fsp3) is 1.00. The van der Waals surface area contributed by atoms with Crippen LogP contribution in [-0.4, -0.2) is 69.3 Å². The number of likely N-dealkylation sites (tertiary alicyclic amines) is 1. The molecular weight excluding hydrogens is 190 g/mol. The van der Waals surface area contributed by atoms with Crippen molar-refractivity contribution in [2.24, 2.45) is 5.73 Å². The first-order valence-electron chi connectivity index (χ1n) is 5.73. The number of ether oxygens (including phenoxy) is 1. The van der Waals surface area contributed by atoms with E-state index in [4.69, 9.17) is 10.5 Å². The van der Waals surface area contributed by atoms with Crippen molar-refractivity contribution in [2.45, 2.75) is 18.4 Å². The Morgan fingerprint density at radius 2 is 2.20 bits per heavy atom. The molecule has 1 atom stereocenters. The molecule has 0 radical (unpaired) electrons. The normalized spacial score (nSPS) is 28.6. The molecule has 1 heterocycles. The maximum atomic E-state index is 5.93. The number of piperidine rings is 1. The van der Waals surface area contributed by atoms with E-state index in [2.05, 4.69) is 23.9 Å². The highest BCUT2D eigenvalue weighted by Crippen LogP contribution is 2.24. The van der Waals surface area contributed by atoms with Crippen LogP contribution < -0.4 is 5.73 Å². The van der Waals surface area contributed by atoms with E-state index in [1.807, 2.05) is 0 Å². The van der Waals surface area contributed by atoms with Gasteiger partial charge in [-0.2, -0.15) is 0 Å². The summed E-state index contributed by atoms with van der Waals surface area (Å²) in [5.74, 6) is 0. The summed E-state index contributed by atoms with van der Waals surface area (Å²) in [6, 6.07) is 0. The number of hydrogen-bond donors (Lipinski definition) is 1. The highest BCUT2D eigenvalue weighted by Gasteiger charge is 2.35. The van der Waals surface area contributed by atoms with Gasteiger partial charge in [0.1, 0.15) is 0 Å². The predicted molar refractivity (Wildman–Crippen MR) is 63.0 cm³/mol. The molecule has 0 spiro atoms. The fourth-order valence-electron chi connectivity index (χ4n) is 2.33. The molecule has 1 rings (SSSR count). The number of hydrogen-bond acceptors (Lipinski definition) is 4. The van der Waals surface area contributed by atoms with Gasteiger partial charge in [-0.05, 0) is 33.5 Å². The van der Waals surface area contributed by atoms with Crippen LogP contribution in [0.15, 0.2) is 0 Å². The Bertz CT molecular complexity index is 187. The highest BCUT2D eigenvalue weighted by molar-refractivity contribution is 4.95. The second kappa shape index (κ2) is 5.80. The van der Waals surface area contributed by atoms with Gasteiger partial charge in [0, 0.05) is 32.3 Å². The van der Waals surface area contributed by atoms with Crippen LogP contribution in [0.1, 0.15) is 12.8 Å². The van der Waals surface area contributed by atoms with Gasteiger partial charge in [-0.25, -0.2) is 0 Å². The number of nitrogens with zero attached hydrogens (tertiary/aromatic N) is 2. The third-order valence-corrected chi connectivity index (χ3v) is 3.57. The molecule has 0 aliphatic carbocycles. The van der Waals surface area contributed by atoms with Crippen molar-refractivity contribution in [3.05, 3.63) is 0 Å². The van der Waals surface area contributed by atoms with Gasteiger partial charge >= 0.3 is 0 Å². The summed E-state index contributed by atoms with van der Waals surface area (Å²) in [6.45, 7) is 4.82. The van der Waals surface area contributed by atoms with Crippen LogP contribution in [0.4, 0.5) is 0 Å². The molecule has 0 aromatic carbocycles. The van der Waals surface area contributed by atoms with Crippen molar-refractivity contribution in [3.8, 4) is 0 Å². The molecule has 15 heavy (non-hydrogen) atoms. The maximum absolute atomic E-state index is 5.93. The van der Waals surface area contributed by atoms with Crippen LogP contribution in [0.3, 0.4) is 0 Å². The molecule has 2 N–H and O–H groups in total. The predicted octanol–water partition coefficient (Wildman–Crippen LogP) is -0.0123. The lowest BCUT2D eigenvalue weighted by Gasteiger charge is -2.46. The molecule has 4 nitrogen and oxygen atoms in total. The molecule has 1 fully saturated rings. The first kappa shape index (κ1) is 12.9. The Kier molecular flexibility index (Phi) is 4.99. The Labute approximate surface area is 93.4 Å². The molecule has 1 aliphatic rings.